The minimum absolute atomic E-state index is 0.287. The van der Waals surface area contributed by atoms with Gasteiger partial charge in [0, 0.05) is 0 Å². The van der Waals surface area contributed by atoms with Crippen LogP contribution >= 0.6 is 11.8 Å². The highest BCUT2D eigenvalue weighted by atomic mass is 32.2. The molecule has 2 nitrogen and oxygen atoms in total. The Bertz CT molecular complexity index is 311. The van der Waals surface area contributed by atoms with Crippen LogP contribution in [-0.4, -0.2) is 18.0 Å². The maximum absolute atomic E-state index is 5.89. The van der Waals surface area contributed by atoms with Gasteiger partial charge in [-0.1, -0.05) is 23.9 Å². The van der Waals surface area contributed by atoms with Gasteiger partial charge < -0.3 is 10.1 Å². The van der Waals surface area contributed by atoms with E-state index in [9.17, 15) is 0 Å². The molecule has 2 atom stereocenters. The minimum Gasteiger partial charge on any atom is -0.477 e. The van der Waals surface area contributed by atoms with Crippen molar-refractivity contribution in [3.05, 3.63) is 24.3 Å². The van der Waals surface area contributed by atoms with Crippen molar-refractivity contribution < 1.29 is 4.74 Å². The Hall–Kier alpha value is -0.670. The molecule has 74 valence electrons. The number of thioether (sulfide) groups is 1. The summed E-state index contributed by atoms with van der Waals surface area (Å²) in [5.74, 6) is 1.05. The summed E-state index contributed by atoms with van der Waals surface area (Å²) in [5.41, 5.74) is 0.287. The van der Waals surface area contributed by atoms with Crippen LogP contribution in [0.3, 0.4) is 0 Å². The van der Waals surface area contributed by atoms with E-state index in [1.54, 1.807) is 0 Å². The van der Waals surface area contributed by atoms with Gasteiger partial charge in [0.1, 0.15) is 5.75 Å². The molecule has 1 aromatic carbocycles. The molecule has 0 aromatic heterocycles. The van der Waals surface area contributed by atoms with Crippen LogP contribution in [-0.2, 0) is 0 Å². The quantitative estimate of drug-likeness (QED) is 0.763. The zero-order chi connectivity index (χ0) is 9.38. The number of ether oxygens (including phenoxy) is 1. The number of benzene rings is 1. The van der Waals surface area contributed by atoms with E-state index in [0.29, 0.717) is 6.04 Å². The second kappa shape index (κ2) is 3.48. The van der Waals surface area contributed by atoms with Crippen LogP contribution in [0, 0.1) is 0 Å². The van der Waals surface area contributed by atoms with E-state index in [0.717, 1.165) is 12.3 Å². The van der Waals surface area contributed by atoms with Crippen LogP contribution in [0.25, 0.3) is 0 Å². The number of hydrogen-bond donors (Lipinski definition) is 1. The van der Waals surface area contributed by atoms with Gasteiger partial charge in [-0.3, -0.25) is 0 Å². The Labute approximate surface area is 88.0 Å². The van der Waals surface area contributed by atoms with Crippen LogP contribution in [0.5, 0.6) is 5.75 Å². The molecular weight excluding hydrogens is 194 g/mol. The van der Waals surface area contributed by atoms with Gasteiger partial charge in [-0.05, 0) is 31.5 Å². The van der Waals surface area contributed by atoms with E-state index >= 15 is 0 Å². The summed E-state index contributed by atoms with van der Waals surface area (Å²) in [6.45, 7) is 1.14. The van der Waals surface area contributed by atoms with Gasteiger partial charge in [0.15, 0.2) is 5.44 Å². The highest BCUT2D eigenvalue weighted by Gasteiger charge is 2.32. The molecule has 2 unspecified atom stereocenters. The summed E-state index contributed by atoms with van der Waals surface area (Å²) in [7, 11) is 0. The minimum atomic E-state index is 0.287. The molecule has 0 aliphatic carbocycles. The Morgan fingerprint density at radius 1 is 1.36 bits per heavy atom. The summed E-state index contributed by atoms with van der Waals surface area (Å²) in [6, 6.07) is 8.82. The average molecular weight is 207 g/mol. The van der Waals surface area contributed by atoms with Crippen molar-refractivity contribution in [2.24, 2.45) is 0 Å². The highest BCUT2D eigenvalue weighted by Crippen LogP contribution is 2.42. The molecule has 14 heavy (non-hydrogen) atoms. The lowest BCUT2D eigenvalue weighted by Crippen LogP contribution is -2.34. The predicted molar refractivity (Wildman–Crippen MR) is 57.7 cm³/mol. The zero-order valence-corrected chi connectivity index (χ0v) is 8.72. The Balaban J connectivity index is 1.77. The van der Waals surface area contributed by atoms with E-state index in [4.69, 9.17) is 4.74 Å². The van der Waals surface area contributed by atoms with Crippen molar-refractivity contribution in [1.29, 1.82) is 0 Å². The fraction of sp³-hybridized carbons (Fsp3) is 0.455. The van der Waals surface area contributed by atoms with Crippen LogP contribution in [0.2, 0.25) is 0 Å². The van der Waals surface area contributed by atoms with E-state index in [-0.39, 0.29) is 5.44 Å². The van der Waals surface area contributed by atoms with Crippen LogP contribution < -0.4 is 10.1 Å². The fourth-order valence-corrected chi connectivity index (χ4v) is 3.22. The first-order valence-electron chi connectivity index (χ1n) is 5.09. The molecule has 0 amide bonds. The summed E-state index contributed by atoms with van der Waals surface area (Å²) in [4.78, 5) is 1.28. The van der Waals surface area contributed by atoms with Gasteiger partial charge in [-0.2, -0.15) is 0 Å². The summed E-state index contributed by atoms with van der Waals surface area (Å²) in [5, 5.41) is 3.49. The molecule has 3 heteroatoms. The van der Waals surface area contributed by atoms with Gasteiger partial charge >= 0.3 is 0 Å². The number of nitrogens with one attached hydrogen (secondary N) is 1. The first kappa shape index (κ1) is 8.62. The van der Waals surface area contributed by atoms with Crippen LogP contribution in [0.4, 0.5) is 0 Å². The third-order valence-corrected chi connectivity index (χ3v) is 4.01. The number of fused-ring (bicyclic) bond motifs is 1. The second-order valence-electron chi connectivity index (χ2n) is 3.75. The maximum Gasteiger partial charge on any atom is 0.164 e. The smallest absolute Gasteiger partial charge is 0.164 e. The number of hydrogen-bond acceptors (Lipinski definition) is 3. The number of para-hydroxylation sites is 1. The van der Waals surface area contributed by atoms with Crippen molar-refractivity contribution in [1.82, 2.24) is 5.32 Å². The molecule has 2 aliphatic rings. The number of rotatable bonds is 1. The maximum atomic E-state index is 5.89. The van der Waals surface area contributed by atoms with E-state index < -0.39 is 0 Å². The van der Waals surface area contributed by atoms with Crippen molar-refractivity contribution in [3.8, 4) is 5.75 Å². The van der Waals surface area contributed by atoms with Crippen LogP contribution in [0.1, 0.15) is 12.8 Å². The Morgan fingerprint density at radius 2 is 2.29 bits per heavy atom. The SMILES string of the molecule is c1ccc2c(c1)OC(C1CCCN1)S2. The standard InChI is InChI=1S/C11H13NOS/c1-2-6-10-9(5-1)13-11(14-10)8-4-3-7-12-8/h1-2,5-6,8,11-12H,3-4,7H2. The Kier molecular flexibility index (Phi) is 2.14. The monoisotopic (exact) mass is 207 g/mol. The van der Waals surface area contributed by atoms with E-state index in [1.807, 2.05) is 17.8 Å². The molecular formula is C11H13NOS. The lowest BCUT2D eigenvalue weighted by molar-refractivity contribution is 0.250. The zero-order valence-electron chi connectivity index (χ0n) is 7.90. The van der Waals surface area contributed by atoms with E-state index in [2.05, 4.69) is 23.5 Å². The highest BCUT2D eigenvalue weighted by molar-refractivity contribution is 8.00. The van der Waals surface area contributed by atoms with Crippen molar-refractivity contribution in [3.63, 3.8) is 0 Å². The third kappa shape index (κ3) is 1.41. The first-order chi connectivity index (χ1) is 6.93. The van der Waals surface area contributed by atoms with Gasteiger partial charge in [0.2, 0.25) is 0 Å². The summed E-state index contributed by atoms with van der Waals surface area (Å²) < 4.78 is 5.89. The van der Waals surface area contributed by atoms with Crippen molar-refractivity contribution in [2.45, 2.75) is 29.2 Å². The average Bonchev–Trinajstić information content (AvgIpc) is 2.86. The van der Waals surface area contributed by atoms with Crippen LogP contribution in [0.15, 0.2) is 29.2 Å². The third-order valence-electron chi connectivity index (χ3n) is 2.76. The fourth-order valence-electron chi connectivity index (χ4n) is 2.03. The molecule has 1 aromatic rings. The predicted octanol–water partition coefficient (Wildman–Crippen LogP) is 2.25. The normalized spacial score (nSPS) is 30.0. The van der Waals surface area contributed by atoms with Gasteiger partial charge in [-0.25, -0.2) is 0 Å². The summed E-state index contributed by atoms with van der Waals surface area (Å²) >= 11 is 1.85. The molecule has 3 rings (SSSR count). The molecule has 1 fully saturated rings. The first-order valence-corrected chi connectivity index (χ1v) is 5.97. The molecule has 2 aliphatic heterocycles. The lowest BCUT2D eigenvalue weighted by atomic mass is 10.2. The van der Waals surface area contributed by atoms with Crippen molar-refractivity contribution in [2.75, 3.05) is 6.54 Å². The summed E-state index contributed by atoms with van der Waals surface area (Å²) in [6.07, 6.45) is 2.52. The Morgan fingerprint density at radius 3 is 3.07 bits per heavy atom. The molecule has 0 bridgehead atoms. The second-order valence-corrected chi connectivity index (χ2v) is 4.89. The lowest BCUT2D eigenvalue weighted by Gasteiger charge is -2.17. The molecule has 2 heterocycles. The molecule has 0 radical (unpaired) electrons. The van der Waals surface area contributed by atoms with Gasteiger partial charge in [0.25, 0.3) is 0 Å². The molecule has 1 N–H and O–H groups in total. The molecule has 0 spiro atoms. The van der Waals surface area contributed by atoms with E-state index in [1.165, 1.54) is 17.7 Å². The molecule has 0 saturated carbocycles. The van der Waals surface area contributed by atoms with Gasteiger partial charge in [-0.15, -0.1) is 0 Å². The topological polar surface area (TPSA) is 21.3 Å². The van der Waals surface area contributed by atoms with Gasteiger partial charge in [0.05, 0.1) is 10.9 Å². The largest absolute Gasteiger partial charge is 0.477 e. The van der Waals surface area contributed by atoms with Crippen molar-refractivity contribution >= 4 is 11.8 Å². The molecule has 1 saturated heterocycles.